The first kappa shape index (κ1) is 16.4. The second kappa shape index (κ2) is 8.50. The lowest BCUT2D eigenvalue weighted by Gasteiger charge is -2.26. The van der Waals surface area contributed by atoms with Crippen molar-refractivity contribution < 1.29 is 0 Å². The van der Waals surface area contributed by atoms with Crippen molar-refractivity contribution in [3.8, 4) is 0 Å². The zero-order valence-electron chi connectivity index (χ0n) is 13.1. The Morgan fingerprint density at radius 2 is 2.05 bits per heavy atom. The fraction of sp³-hybridized carbons (Fsp3) is 0.611. The normalized spacial score (nSPS) is 21.7. The van der Waals surface area contributed by atoms with Gasteiger partial charge in [0.05, 0.1) is 4.99 Å². The molecular weight excluding hydrogens is 276 g/mol. The molecule has 1 aromatic rings. The van der Waals surface area contributed by atoms with Crippen LogP contribution in [0, 0.1) is 5.92 Å². The maximum atomic E-state index is 6.00. The lowest BCUT2D eigenvalue weighted by molar-refractivity contribution is 0.277. The molecule has 0 amide bonds. The molecule has 1 fully saturated rings. The van der Waals surface area contributed by atoms with Crippen LogP contribution in [0.15, 0.2) is 30.3 Å². The fourth-order valence-electron chi connectivity index (χ4n) is 3.41. The van der Waals surface area contributed by atoms with Gasteiger partial charge in [-0.05, 0) is 43.8 Å². The molecule has 1 aromatic carbocycles. The number of likely N-dealkylation sites (tertiary alicyclic amines) is 1. The topological polar surface area (TPSA) is 29.3 Å². The predicted octanol–water partition coefficient (Wildman–Crippen LogP) is 3.96. The van der Waals surface area contributed by atoms with E-state index in [-0.39, 0.29) is 5.92 Å². The first-order valence-electron chi connectivity index (χ1n) is 8.27. The van der Waals surface area contributed by atoms with Gasteiger partial charge in [-0.1, -0.05) is 62.3 Å². The van der Waals surface area contributed by atoms with Crippen LogP contribution < -0.4 is 5.73 Å². The molecule has 0 bridgehead atoms. The summed E-state index contributed by atoms with van der Waals surface area (Å²) in [5.41, 5.74) is 7.25. The van der Waals surface area contributed by atoms with E-state index in [1.807, 2.05) is 6.07 Å². The van der Waals surface area contributed by atoms with Crippen molar-refractivity contribution in [3.05, 3.63) is 35.9 Å². The van der Waals surface area contributed by atoms with E-state index in [1.54, 1.807) is 0 Å². The van der Waals surface area contributed by atoms with Gasteiger partial charge in [-0.25, -0.2) is 0 Å². The minimum atomic E-state index is 0.184. The van der Waals surface area contributed by atoms with Crippen molar-refractivity contribution in [2.75, 3.05) is 19.6 Å². The van der Waals surface area contributed by atoms with Crippen molar-refractivity contribution in [2.24, 2.45) is 11.7 Å². The summed E-state index contributed by atoms with van der Waals surface area (Å²) in [6.45, 7) is 5.64. The number of rotatable bonds is 6. The first-order valence-corrected chi connectivity index (χ1v) is 8.68. The number of benzene rings is 1. The van der Waals surface area contributed by atoms with Crippen LogP contribution in [0.1, 0.15) is 50.5 Å². The van der Waals surface area contributed by atoms with E-state index < -0.39 is 0 Å². The summed E-state index contributed by atoms with van der Waals surface area (Å²) >= 11 is 5.32. The van der Waals surface area contributed by atoms with Crippen molar-refractivity contribution in [3.63, 3.8) is 0 Å². The van der Waals surface area contributed by atoms with Gasteiger partial charge in [-0.3, -0.25) is 0 Å². The molecule has 2 unspecified atom stereocenters. The molecular formula is C18H28N2S. The van der Waals surface area contributed by atoms with E-state index >= 15 is 0 Å². The van der Waals surface area contributed by atoms with Gasteiger partial charge in [-0.15, -0.1) is 0 Å². The van der Waals surface area contributed by atoms with Crippen molar-refractivity contribution in [2.45, 2.75) is 44.9 Å². The largest absolute Gasteiger partial charge is 0.393 e. The molecule has 1 aliphatic rings. The molecule has 2 nitrogen and oxygen atoms in total. The Labute approximate surface area is 134 Å². The molecule has 0 aromatic heterocycles. The molecule has 2 rings (SSSR count). The Morgan fingerprint density at radius 3 is 2.71 bits per heavy atom. The molecule has 0 aliphatic carbocycles. The van der Waals surface area contributed by atoms with Gasteiger partial charge in [0.1, 0.15) is 0 Å². The molecule has 0 radical (unpaired) electrons. The molecule has 116 valence electrons. The van der Waals surface area contributed by atoms with Crippen molar-refractivity contribution in [1.29, 1.82) is 0 Å². The number of nitrogens with zero attached hydrogens (tertiary/aromatic N) is 1. The maximum Gasteiger partial charge on any atom is 0.0816 e. The van der Waals surface area contributed by atoms with Gasteiger partial charge in [0.15, 0.2) is 0 Å². The Kier molecular flexibility index (Phi) is 6.65. The van der Waals surface area contributed by atoms with Crippen LogP contribution in [-0.2, 0) is 0 Å². The Hall–Kier alpha value is -0.930. The third-order valence-corrected chi connectivity index (χ3v) is 4.91. The second-order valence-corrected chi connectivity index (χ2v) is 6.72. The second-order valence-electron chi connectivity index (χ2n) is 6.25. The van der Waals surface area contributed by atoms with Gasteiger partial charge >= 0.3 is 0 Å². The summed E-state index contributed by atoms with van der Waals surface area (Å²) < 4.78 is 0. The minimum Gasteiger partial charge on any atom is -0.393 e. The summed E-state index contributed by atoms with van der Waals surface area (Å²) in [5.74, 6) is 1.10. The summed E-state index contributed by atoms with van der Waals surface area (Å²) in [6.07, 6.45) is 6.71. The number of hydrogen-bond acceptors (Lipinski definition) is 2. The zero-order chi connectivity index (χ0) is 15.1. The number of thiocarbonyl (C=S) groups is 1. The molecule has 3 heteroatoms. The molecule has 1 aliphatic heterocycles. The van der Waals surface area contributed by atoms with E-state index in [1.165, 1.54) is 50.8 Å². The minimum absolute atomic E-state index is 0.184. The van der Waals surface area contributed by atoms with E-state index in [9.17, 15) is 0 Å². The van der Waals surface area contributed by atoms with E-state index in [4.69, 9.17) is 18.0 Å². The molecule has 0 saturated carbocycles. The van der Waals surface area contributed by atoms with Crippen LogP contribution in [0.2, 0.25) is 0 Å². The third-order valence-electron chi connectivity index (χ3n) is 4.62. The van der Waals surface area contributed by atoms with Gasteiger partial charge in [0.2, 0.25) is 0 Å². The van der Waals surface area contributed by atoms with Crippen molar-refractivity contribution >= 4 is 17.2 Å². The third kappa shape index (κ3) is 5.08. The quantitative estimate of drug-likeness (QED) is 0.807. The van der Waals surface area contributed by atoms with Crippen LogP contribution in [0.3, 0.4) is 0 Å². The molecule has 1 saturated heterocycles. The highest BCUT2D eigenvalue weighted by Gasteiger charge is 2.21. The summed E-state index contributed by atoms with van der Waals surface area (Å²) in [5, 5.41) is 0. The number of hydrogen-bond donors (Lipinski definition) is 1. The summed E-state index contributed by atoms with van der Waals surface area (Å²) in [4.78, 5) is 3.18. The maximum absolute atomic E-state index is 6.00. The molecule has 2 N–H and O–H groups in total. The van der Waals surface area contributed by atoms with Crippen LogP contribution in [0.25, 0.3) is 0 Å². The fourth-order valence-corrected chi connectivity index (χ4v) is 3.62. The summed E-state index contributed by atoms with van der Waals surface area (Å²) in [6, 6.07) is 10.5. The lowest BCUT2D eigenvalue weighted by Crippen LogP contribution is -2.34. The Morgan fingerprint density at radius 1 is 1.29 bits per heavy atom. The molecule has 2 atom stereocenters. The predicted molar refractivity (Wildman–Crippen MR) is 94.7 cm³/mol. The van der Waals surface area contributed by atoms with Crippen LogP contribution in [0.4, 0.5) is 0 Å². The van der Waals surface area contributed by atoms with Crippen LogP contribution >= 0.6 is 12.2 Å². The van der Waals surface area contributed by atoms with Gasteiger partial charge < -0.3 is 10.6 Å². The van der Waals surface area contributed by atoms with E-state index in [0.29, 0.717) is 4.99 Å². The Balaban J connectivity index is 1.96. The standard InChI is InChI=1S/C18H28N2S/c1-2-7-15-8-6-12-20(13-11-15)14-17(18(19)21)16-9-4-3-5-10-16/h3-5,9-10,15,17H,2,6-8,11-14H2,1H3,(H2,19,21). The number of nitrogens with two attached hydrogens (primary N) is 1. The first-order chi connectivity index (χ1) is 10.2. The highest BCUT2D eigenvalue weighted by molar-refractivity contribution is 7.80. The highest BCUT2D eigenvalue weighted by Crippen LogP contribution is 2.24. The van der Waals surface area contributed by atoms with E-state index in [2.05, 4.69) is 36.1 Å². The van der Waals surface area contributed by atoms with E-state index in [0.717, 1.165) is 12.5 Å². The van der Waals surface area contributed by atoms with Gasteiger partial charge in [0, 0.05) is 12.5 Å². The summed E-state index contributed by atoms with van der Waals surface area (Å²) in [7, 11) is 0. The van der Waals surface area contributed by atoms with Crippen LogP contribution in [-0.4, -0.2) is 29.5 Å². The smallest absolute Gasteiger partial charge is 0.0816 e. The average Bonchev–Trinajstić information content (AvgIpc) is 2.71. The van der Waals surface area contributed by atoms with Gasteiger partial charge in [-0.2, -0.15) is 0 Å². The molecule has 0 spiro atoms. The Bertz CT molecular complexity index is 432. The molecule has 1 heterocycles. The monoisotopic (exact) mass is 304 g/mol. The average molecular weight is 305 g/mol. The van der Waals surface area contributed by atoms with Gasteiger partial charge in [0.25, 0.3) is 0 Å². The lowest BCUT2D eigenvalue weighted by atomic mass is 9.96. The highest BCUT2D eigenvalue weighted by atomic mass is 32.1. The van der Waals surface area contributed by atoms with Crippen LogP contribution in [0.5, 0.6) is 0 Å². The van der Waals surface area contributed by atoms with Crippen molar-refractivity contribution in [1.82, 2.24) is 4.90 Å². The SMILES string of the molecule is CCCC1CCCN(CC(C(N)=S)c2ccccc2)CC1. The zero-order valence-corrected chi connectivity index (χ0v) is 13.9. The molecule has 21 heavy (non-hydrogen) atoms.